The third-order valence-electron chi connectivity index (χ3n) is 3.94. The molecule has 0 saturated carbocycles. The normalized spacial score (nSPS) is 23.0. The van der Waals surface area contributed by atoms with E-state index in [-0.39, 0.29) is 17.8 Å². The average molecular weight is 273 g/mol. The smallest absolute Gasteiger partial charge is 0.245 e. The Balaban J connectivity index is 1.89. The van der Waals surface area contributed by atoms with Crippen LogP contribution in [-0.4, -0.2) is 38.9 Å². The maximum atomic E-state index is 9.86. The largest absolute Gasteiger partial charge is 0.507 e. The summed E-state index contributed by atoms with van der Waals surface area (Å²) in [5.41, 5.74) is 6.75. The van der Waals surface area contributed by atoms with Crippen molar-refractivity contribution in [2.75, 3.05) is 11.4 Å². The van der Waals surface area contributed by atoms with Crippen LogP contribution in [0.4, 0.5) is 5.95 Å². The number of nitrogens with one attached hydrogen (secondary N) is 1. The standard InChI is InChI=1S/C14H19N5O/c1-9-11(15)6-4-8-19(9)14-16-13(17-18-14)10-5-2-3-7-12(10)20/h2-3,5,7,9,11,20H,4,6,8,15H2,1H3,(H,16,17,18). The van der Waals surface area contributed by atoms with Crippen LogP contribution in [0.5, 0.6) is 5.75 Å². The van der Waals surface area contributed by atoms with Crippen molar-refractivity contribution in [1.29, 1.82) is 0 Å². The number of benzene rings is 1. The molecule has 2 aromatic rings. The van der Waals surface area contributed by atoms with E-state index < -0.39 is 0 Å². The molecule has 2 unspecified atom stereocenters. The van der Waals surface area contributed by atoms with Gasteiger partial charge in [-0.3, -0.25) is 5.10 Å². The summed E-state index contributed by atoms with van der Waals surface area (Å²) in [5, 5.41) is 17.0. The van der Waals surface area contributed by atoms with Crippen molar-refractivity contribution in [2.24, 2.45) is 5.73 Å². The minimum Gasteiger partial charge on any atom is -0.507 e. The number of aromatic amines is 1. The first-order valence-electron chi connectivity index (χ1n) is 6.90. The number of phenols is 1. The molecule has 2 atom stereocenters. The van der Waals surface area contributed by atoms with Crippen molar-refractivity contribution in [1.82, 2.24) is 15.2 Å². The third-order valence-corrected chi connectivity index (χ3v) is 3.94. The number of rotatable bonds is 2. The third kappa shape index (κ3) is 2.22. The van der Waals surface area contributed by atoms with E-state index in [1.54, 1.807) is 12.1 Å². The molecule has 3 rings (SSSR count). The summed E-state index contributed by atoms with van der Waals surface area (Å²) >= 11 is 0. The van der Waals surface area contributed by atoms with Gasteiger partial charge in [-0.2, -0.15) is 4.98 Å². The van der Waals surface area contributed by atoms with Gasteiger partial charge in [0.2, 0.25) is 5.95 Å². The second kappa shape index (κ2) is 5.13. The highest BCUT2D eigenvalue weighted by Gasteiger charge is 2.27. The maximum absolute atomic E-state index is 9.86. The van der Waals surface area contributed by atoms with Gasteiger partial charge in [-0.1, -0.05) is 12.1 Å². The summed E-state index contributed by atoms with van der Waals surface area (Å²) in [6, 6.07) is 7.45. The lowest BCUT2D eigenvalue weighted by Gasteiger charge is -2.36. The van der Waals surface area contributed by atoms with E-state index >= 15 is 0 Å². The molecule has 4 N–H and O–H groups in total. The maximum Gasteiger partial charge on any atom is 0.245 e. The predicted octanol–water partition coefficient (Wildman–Crippen LogP) is 1.49. The van der Waals surface area contributed by atoms with E-state index in [9.17, 15) is 5.11 Å². The van der Waals surface area contributed by atoms with Crippen molar-refractivity contribution < 1.29 is 5.11 Å². The highest BCUT2D eigenvalue weighted by molar-refractivity contribution is 5.64. The highest BCUT2D eigenvalue weighted by atomic mass is 16.3. The fourth-order valence-electron chi connectivity index (χ4n) is 2.63. The SMILES string of the molecule is CC1C(N)CCCN1c1n[nH]c(-c2ccccc2O)n1. The lowest BCUT2D eigenvalue weighted by molar-refractivity contribution is 0.416. The molecule has 1 aliphatic rings. The van der Waals surface area contributed by atoms with Crippen molar-refractivity contribution in [3.63, 3.8) is 0 Å². The van der Waals surface area contributed by atoms with Gasteiger partial charge >= 0.3 is 0 Å². The van der Waals surface area contributed by atoms with Crippen LogP contribution in [0.1, 0.15) is 19.8 Å². The van der Waals surface area contributed by atoms with Gasteiger partial charge in [-0.25, -0.2) is 0 Å². The summed E-state index contributed by atoms with van der Waals surface area (Å²) < 4.78 is 0. The minimum absolute atomic E-state index is 0.149. The molecular formula is C14H19N5O. The molecule has 0 amide bonds. The second-order valence-electron chi connectivity index (χ2n) is 5.24. The van der Waals surface area contributed by atoms with Crippen LogP contribution in [-0.2, 0) is 0 Å². The van der Waals surface area contributed by atoms with E-state index in [0.717, 1.165) is 19.4 Å². The monoisotopic (exact) mass is 273 g/mol. The zero-order valence-corrected chi connectivity index (χ0v) is 11.5. The van der Waals surface area contributed by atoms with E-state index in [2.05, 4.69) is 27.0 Å². The van der Waals surface area contributed by atoms with E-state index in [0.29, 0.717) is 17.3 Å². The van der Waals surface area contributed by atoms with Gasteiger partial charge in [0.05, 0.1) is 5.56 Å². The molecule has 0 aliphatic carbocycles. The molecule has 106 valence electrons. The summed E-state index contributed by atoms with van der Waals surface area (Å²) in [4.78, 5) is 6.61. The number of hydrogen-bond acceptors (Lipinski definition) is 5. The molecule has 0 radical (unpaired) electrons. The van der Waals surface area contributed by atoms with Crippen LogP contribution in [0, 0.1) is 0 Å². The Kier molecular flexibility index (Phi) is 3.31. The second-order valence-corrected chi connectivity index (χ2v) is 5.24. The van der Waals surface area contributed by atoms with Gasteiger partial charge in [-0.15, -0.1) is 5.10 Å². The fraction of sp³-hybridized carbons (Fsp3) is 0.429. The molecule has 1 saturated heterocycles. The Bertz CT molecular complexity index is 597. The summed E-state index contributed by atoms with van der Waals surface area (Å²) in [7, 11) is 0. The Hall–Kier alpha value is -2.08. The number of aromatic nitrogens is 3. The first kappa shape index (κ1) is 12.9. The average Bonchev–Trinajstić information content (AvgIpc) is 2.92. The number of nitrogens with two attached hydrogens (primary N) is 1. The highest BCUT2D eigenvalue weighted by Crippen LogP contribution is 2.28. The number of anilines is 1. The van der Waals surface area contributed by atoms with Crippen LogP contribution in [0.3, 0.4) is 0 Å². The zero-order chi connectivity index (χ0) is 14.1. The van der Waals surface area contributed by atoms with E-state index in [1.165, 1.54) is 0 Å². The molecule has 0 bridgehead atoms. The Morgan fingerprint density at radius 3 is 3.00 bits per heavy atom. The molecule has 20 heavy (non-hydrogen) atoms. The van der Waals surface area contributed by atoms with Crippen LogP contribution < -0.4 is 10.6 Å². The van der Waals surface area contributed by atoms with E-state index in [4.69, 9.17) is 5.73 Å². The van der Waals surface area contributed by atoms with Gasteiger partial charge in [0.25, 0.3) is 0 Å². The Labute approximate surface area is 117 Å². The lowest BCUT2D eigenvalue weighted by atomic mass is 9.99. The van der Waals surface area contributed by atoms with Gasteiger partial charge in [-0.05, 0) is 31.9 Å². The molecule has 2 heterocycles. The van der Waals surface area contributed by atoms with Crippen LogP contribution in [0.25, 0.3) is 11.4 Å². The molecule has 6 nitrogen and oxygen atoms in total. The molecule has 1 aromatic carbocycles. The fourth-order valence-corrected chi connectivity index (χ4v) is 2.63. The number of para-hydroxylation sites is 1. The molecule has 0 spiro atoms. The first-order valence-corrected chi connectivity index (χ1v) is 6.90. The van der Waals surface area contributed by atoms with Crippen LogP contribution in [0.2, 0.25) is 0 Å². The topological polar surface area (TPSA) is 91.1 Å². The number of piperidine rings is 1. The van der Waals surface area contributed by atoms with Gasteiger partial charge in [0.15, 0.2) is 5.82 Å². The lowest BCUT2D eigenvalue weighted by Crippen LogP contribution is -2.50. The summed E-state index contributed by atoms with van der Waals surface area (Å²) in [6.45, 7) is 3.01. The Morgan fingerprint density at radius 1 is 1.40 bits per heavy atom. The van der Waals surface area contributed by atoms with Gasteiger partial charge in [0.1, 0.15) is 5.75 Å². The summed E-state index contributed by atoms with van der Waals surface area (Å²) in [5.74, 6) is 1.41. The van der Waals surface area contributed by atoms with Gasteiger partial charge < -0.3 is 15.7 Å². The van der Waals surface area contributed by atoms with Crippen molar-refractivity contribution >= 4 is 5.95 Å². The van der Waals surface area contributed by atoms with Crippen molar-refractivity contribution in [3.8, 4) is 17.1 Å². The predicted molar refractivity (Wildman–Crippen MR) is 77.5 cm³/mol. The molecule has 6 heteroatoms. The van der Waals surface area contributed by atoms with Crippen molar-refractivity contribution in [2.45, 2.75) is 31.8 Å². The Morgan fingerprint density at radius 2 is 2.20 bits per heavy atom. The number of nitrogens with zero attached hydrogens (tertiary/aromatic N) is 3. The first-order chi connectivity index (χ1) is 9.66. The van der Waals surface area contributed by atoms with E-state index in [1.807, 2.05) is 12.1 Å². The molecule has 1 fully saturated rings. The number of phenolic OH excluding ortho intramolecular Hbond substituents is 1. The number of H-pyrrole nitrogens is 1. The summed E-state index contributed by atoms with van der Waals surface area (Å²) in [6.07, 6.45) is 2.08. The van der Waals surface area contributed by atoms with Crippen LogP contribution >= 0.6 is 0 Å². The zero-order valence-electron chi connectivity index (χ0n) is 11.5. The molecule has 1 aromatic heterocycles. The minimum atomic E-state index is 0.149. The van der Waals surface area contributed by atoms with Crippen molar-refractivity contribution in [3.05, 3.63) is 24.3 Å². The van der Waals surface area contributed by atoms with Gasteiger partial charge in [0, 0.05) is 18.6 Å². The molecule has 1 aliphatic heterocycles. The number of aromatic hydroxyl groups is 1. The quantitative estimate of drug-likeness (QED) is 0.771. The number of hydrogen-bond donors (Lipinski definition) is 3. The molecular weight excluding hydrogens is 254 g/mol. The van der Waals surface area contributed by atoms with Crippen LogP contribution in [0.15, 0.2) is 24.3 Å².